The average Bonchev–Trinajstić information content (AvgIpc) is 2.18. The third-order valence-corrected chi connectivity index (χ3v) is 4.24. The molecule has 0 aromatic carbocycles. The van der Waals surface area contributed by atoms with E-state index < -0.39 is 0 Å². The molecule has 0 heterocycles. The van der Waals surface area contributed by atoms with Gasteiger partial charge in [0.2, 0.25) is 0 Å². The molecule has 0 aromatic heterocycles. The Bertz CT molecular complexity index is 141. The Morgan fingerprint density at radius 3 is 2.36 bits per heavy atom. The van der Waals surface area contributed by atoms with E-state index in [1.54, 1.807) is 0 Å². The van der Waals surface area contributed by atoms with E-state index >= 15 is 0 Å². The molecule has 0 spiro atoms. The van der Waals surface area contributed by atoms with Crippen molar-refractivity contribution in [1.29, 1.82) is 0 Å². The van der Waals surface area contributed by atoms with Gasteiger partial charge >= 0.3 is 0 Å². The lowest BCUT2D eigenvalue weighted by Gasteiger charge is -2.36. The highest BCUT2D eigenvalue weighted by Crippen LogP contribution is 2.34. The third-order valence-electron chi connectivity index (χ3n) is 4.24. The molecule has 2 N–H and O–H groups in total. The van der Waals surface area contributed by atoms with E-state index in [1.807, 2.05) is 0 Å². The fraction of sp³-hybridized carbons (Fsp3) is 1.00. The van der Waals surface area contributed by atoms with Gasteiger partial charge < -0.3 is 5.73 Å². The van der Waals surface area contributed by atoms with E-state index in [1.165, 1.54) is 38.5 Å². The summed E-state index contributed by atoms with van der Waals surface area (Å²) in [6, 6.07) is 0.486. The van der Waals surface area contributed by atoms with Gasteiger partial charge in [-0.2, -0.15) is 0 Å². The molecule has 0 radical (unpaired) electrons. The molecule has 1 heteroatoms. The summed E-state index contributed by atoms with van der Waals surface area (Å²) in [5.74, 6) is 2.57. The van der Waals surface area contributed by atoms with Gasteiger partial charge in [-0.1, -0.05) is 46.5 Å². The number of hydrogen-bond acceptors (Lipinski definition) is 1. The predicted molar refractivity (Wildman–Crippen MR) is 63.2 cm³/mol. The first-order valence-electron chi connectivity index (χ1n) is 6.44. The van der Waals surface area contributed by atoms with E-state index in [-0.39, 0.29) is 0 Å². The van der Waals surface area contributed by atoms with Crippen LogP contribution in [-0.4, -0.2) is 6.04 Å². The molecular formula is C13H27N. The Kier molecular flexibility index (Phi) is 4.94. The van der Waals surface area contributed by atoms with Crippen molar-refractivity contribution in [1.82, 2.24) is 0 Å². The fourth-order valence-corrected chi connectivity index (χ4v) is 2.94. The summed E-state index contributed by atoms with van der Waals surface area (Å²) in [6.07, 6.45) is 8.03. The SMILES string of the molecule is CCC(CC)CC1C(C)CCCC1N. The molecule has 0 amide bonds. The molecule has 14 heavy (non-hydrogen) atoms. The van der Waals surface area contributed by atoms with Gasteiger partial charge in [-0.15, -0.1) is 0 Å². The summed E-state index contributed by atoms with van der Waals surface area (Å²) in [6.45, 7) is 7.02. The summed E-state index contributed by atoms with van der Waals surface area (Å²) in [4.78, 5) is 0. The maximum absolute atomic E-state index is 6.23. The van der Waals surface area contributed by atoms with Crippen molar-refractivity contribution in [2.45, 2.75) is 65.3 Å². The maximum Gasteiger partial charge on any atom is 0.00698 e. The highest BCUT2D eigenvalue weighted by Gasteiger charge is 2.29. The second-order valence-electron chi connectivity index (χ2n) is 5.15. The summed E-state index contributed by atoms with van der Waals surface area (Å²) in [5.41, 5.74) is 6.23. The van der Waals surface area contributed by atoms with E-state index in [0.29, 0.717) is 6.04 Å². The molecule has 3 unspecified atom stereocenters. The van der Waals surface area contributed by atoms with E-state index in [9.17, 15) is 0 Å². The fourth-order valence-electron chi connectivity index (χ4n) is 2.94. The molecule has 1 fully saturated rings. The highest BCUT2D eigenvalue weighted by atomic mass is 14.7. The molecule has 1 aliphatic carbocycles. The maximum atomic E-state index is 6.23. The first kappa shape index (κ1) is 12.0. The van der Waals surface area contributed by atoms with E-state index in [4.69, 9.17) is 5.73 Å². The average molecular weight is 197 g/mol. The minimum absolute atomic E-state index is 0.486. The van der Waals surface area contributed by atoms with Crippen LogP contribution in [0.25, 0.3) is 0 Å². The molecule has 0 bridgehead atoms. The molecule has 1 saturated carbocycles. The predicted octanol–water partition coefficient (Wildman–Crippen LogP) is 3.58. The Balaban J connectivity index is 2.46. The van der Waals surface area contributed by atoms with Gasteiger partial charge in [0.05, 0.1) is 0 Å². The Morgan fingerprint density at radius 1 is 1.21 bits per heavy atom. The molecule has 1 aliphatic rings. The van der Waals surface area contributed by atoms with Crippen molar-refractivity contribution in [2.24, 2.45) is 23.5 Å². The minimum atomic E-state index is 0.486. The first-order valence-corrected chi connectivity index (χ1v) is 6.44. The van der Waals surface area contributed by atoms with Gasteiger partial charge in [-0.25, -0.2) is 0 Å². The quantitative estimate of drug-likeness (QED) is 0.732. The zero-order valence-corrected chi connectivity index (χ0v) is 10.1. The van der Waals surface area contributed by atoms with Crippen LogP contribution in [0.3, 0.4) is 0 Å². The monoisotopic (exact) mass is 197 g/mol. The second-order valence-corrected chi connectivity index (χ2v) is 5.15. The topological polar surface area (TPSA) is 26.0 Å². The Morgan fingerprint density at radius 2 is 1.86 bits per heavy atom. The number of rotatable bonds is 4. The Hall–Kier alpha value is -0.0400. The minimum Gasteiger partial charge on any atom is -0.327 e. The zero-order chi connectivity index (χ0) is 10.6. The molecule has 0 aromatic rings. The second kappa shape index (κ2) is 5.75. The van der Waals surface area contributed by atoms with Crippen molar-refractivity contribution in [3.63, 3.8) is 0 Å². The van der Waals surface area contributed by atoms with Crippen LogP contribution in [0.2, 0.25) is 0 Å². The van der Waals surface area contributed by atoms with Gasteiger partial charge in [-0.3, -0.25) is 0 Å². The summed E-state index contributed by atoms with van der Waals surface area (Å²) < 4.78 is 0. The van der Waals surface area contributed by atoms with Crippen LogP contribution in [0.4, 0.5) is 0 Å². The lowest BCUT2D eigenvalue weighted by atomic mass is 9.72. The van der Waals surface area contributed by atoms with Gasteiger partial charge in [0.1, 0.15) is 0 Å². The lowest BCUT2D eigenvalue weighted by Crippen LogP contribution is -2.38. The normalized spacial score (nSPS) is 33.6. The number of hydrogen-bond donors (Lipinski definition) is 1. The van der Waals surface area contributed by atoms with Crippen molar-refractivity contribution >= 4 is 0 Å². The van der Waals surface area contributed by atoms with Crippen LogP contribution in [0, 0.1) is 17.8 Å². The third kappa shape index (κ3) is 2.98. The molecule has 0 aliphatic heterocycles. The summed E-state index contributed by atoms with van der Waals surface area (Å²) in [7, 11) is 0. The highest BCUT2D eigenvalue weighted by molar-refractivity contribution is 4.83. The molecular weight excluding hydrogens is 170 g/mol. The van der Waals surface area contributed by atoms with Crippen LogP contribution < -0.4 is 5.73 Å². The Labute approximate surface area is 89.5 Å². The van der Waals surface area contributed by atoms with Crippen molar-refractivity contribution < 1.29 is 0 Å². The molecule has 3 atom stereocenters. The van der Waals surface area contributed by atoms with Crippen LogP contribution in [0.5, 0.6) is 0 Å². The zero-order valence-electron chi connectivity index (χ0n) is 10.1. The molecule has 1 rings (SSSR count). The molecule has 1 nitrogen and oxygen atoms in total. The van der Waals surface area contributed by atoms with Gasteiger partial charge in [0.15, 0.2) is 0 Å². The smallest absolute Gasteiger partial charge is 0.00698 e. The van der Waals surface area contributed by atoms with Crippen LogP contribution in [0.1, 0.15) is 59.3 Å². The van der Waals surface area contributed by atoms with Crippen molar-refractivity contribution in [2.75, 3.05) is 0 Å². The van der Waals surface area contributed by atoms with E-state index in [2.05, 4.69) is 20.8 Å². The molecule has 0 saturated heterocycles. The van der Waals surface area contributed by atoms with Gasteiger partial charge in [0.25, 0.3) is 0 Å². The van der Waals surface area contributed by atoms with Crippen LogP contribution in [-0.2, 0) is 0 Å². The summed E-state index contributed by atoms with van der Waals surface area (Å²) >= 11 is 0. The van der Waals surface area contributed by atoms with Gasteiger partial charge in [0, 0.05) is 6.04 Å². The largest absolute Gasteiger partial charge is 0.327 e. The van der Waals surface area contributed by atoms with E-state index in [0.717, 1.165) is 17.8 Å². The van der Waals surface area contributed by atoms with Crippen LogP contribution in [0.15, 0.2) is 0 Å². The first-order chi connectivity index (χ1) is 6.69. The van der Waals surface area contributed by atoms with Crippen molar-refractivity contribution in [3.8, 4) is 0 Å². The van der Waals surface area contributed by atoms with Crippen LogP contribution >= 0.6 is 0 Å². The van der Waals surface area contributed by atoms with Crippen molar-refractivity contribution in [3.05, 3.63) is 0 Å². The number of nitrogens with two attached hydrogens (primary N) is 1. The molecule has 84 valence electrons. The lowest BCUT2D eigenvalue weighted by molar-refractivity contribution is 0.178. The summed E-state index contributed by atoms with van der Waals surface area (Å²) in [5, 5.41) is 0. The standard InChI is InChI=1S/C13H27N/c1-4-11(5-2)9-12-10(3)7-6-8-13(12)14/h10-13H,4-9,14H2,1-3H3. The van der Waals surface area contributed by atoms with Gasteiger partial charge in [-0.05, 0) is 30.6 Å².